The van der Waals surface area contributed by atoms with E-state index in [1.165, 1.54) is 6.07 Å². The second-order valence-corrected chi connectivity index (χ2v) is 6.02. The molecule has 0 spiro atoms. The van der Waals surface area contributed by atoms with Crippen molar-refractivity contribution in [3.63, 3.8) is 0 Å². The van der Waals surface area contributed by atoms with Crippen LogP contribution in [-0.2, 0) is 6.18 Å². The smallest absolute Gasteiger partial charge is 0.321 e. The first kappa shape index (κ1) is 18.0. The molecule has 2 nitrogen and oxygen atoms in total. The van der Waals surface area contributed by atoms with E-state index in [2.05, 4.69) is 5.32 Å². The van der Waals surface area contributed by atoms with Crippen LogP contribution in [0.15, 0.2) is 72.8 Å². The molecule has 0 atom stereocenters. The van der Waals surface area contributed by atoms with Gasteiger partial charge in [0.15, 0.2) is 0 Å². The zero-order valence-corrected chi connectivity index (χ0v) is 14.1. The molecule has 0 saturated carbocycles. The van der Waals surface area contributed by atoms with Gasteiger partial charge >= 0.3 is 6.18 Å². The Labute approximate surface area is 153 Å². The Bertz CT molecular complexity index is 922. The molecule has 26 heavy (non-hydrogen) atoms. The topological polar surface area (TPSA) is 29.1 Å². The number of alkyl halides is 3. The molecule has 1 amide bonds. The van der Waals surface area contributed by atoms with Gasteiger partial charge in [0, 0.05) is 10.6 Å². The van der Waals surface area contributed by atoms with Crippen molar-refractivity contribution in [3.05, 3.63) is 88.9 Å². The fourth-order valence-electron chi connectivity index (χ4n) is 2.50. The molecule has 0 aromatic heterocycles. The SMILES string of the molecule is O=C(Nc1ccc(Cl)cc1C(F)(F)F)c1ccc(-c2ccccc2)cc1. The van der Waals surface area contributed by atoms with Crippen LogP contribution >= 0.6 is 11.6 Å². The maximum Gasteiger partial charge on any atom is 0.418 e. The van der Waals surface area contributed by atoms with Crippen molar-refractivity contribution in [2.45, 2.75) is 6.18 Å². The van der Waals surface area contributed by atoms with Crippen LogP contribution in [-0.4, -0.2) is 5.91 Å². The largest absolute Gasteiger partial charge is 0.418 e. The summed E-state index contributed by atoms with van der Waals surface area (Å²) >= 11 is 5.64. The lowest BCUT2D eigenvalue weighted by atomic mass is 10.0. The molecular weight excluding hydrogens is 363 g/mol. The summed E-state index contributed by atoms with van der Waals surface area (Å²) in [5, 5.41) is 2.25. The van der Waals surface area contributed by atoms with E-state index >= 15 is 0 Å². The summed E-state index contributed by atoms with van der Waals surface area (Å²) in [7, 11) is 0. The number of carbonyl (C=O) groups is 1. The monoisotopic (exact) mass is 375 g/mol. The first-order valence-corrected chi connectivity index (χ1v) is 8.06. The summed E-state index contributed by atoms with van der Waals surface area (Å²) in [5.74, 6) is -0.627. The Kier molecular flexibility index (Phi) is 5.00. The van der Waals surface area contributed by atoms with Gasteiger partial charge < -0.3 is 5.32 Å². The van der Waals surface area contributed by atoms with E-state index in [0.29, 0.717) is 0 Å². The molecule has 0 unspecified atom stereocenters. The number of nitrogens with one attached hydrogen (secondary N) is 1. The lowest BCUT2D eigenvalue weighted by Gasteiger charge is -2.14. The quantitative estimate of drug-likeness (QED) is 0.573. The summed E-state index contributed by atoms with van der Waals surface area (Å²) in [6, 6.07) is 19.4. The van der Waals surface area contributed by atoms with E-state index in [1.807, 2.05) is 30.3 Å². The van der Waals surface area contributed by atoms with Crippen molar-refractivity contribution >= 4 is 23.2 Å². The van der Waals surface area contributed by atoms with Crippen molar-refractivity contribution in [1.82, 2.24) is 0 Å². The number of hydrogen-bond acceptors (Lipinski definition) is 1. The first-order chi connectivity index (χ1) is 12.3. The molecular formula is C20H13ClF3NO. The first-order valence-electron chi connectivity index (χ1n) is 7.68. The lowest BCUT2D eigenvalue weighted by Crippen LogP contribution is -2.16. The second kappa shape index (κ2) is 7.22. The van der Waals surface area contributed by atoms with Gasteiger partial charge in [-0.25, -0.2) is 0 Å². The van der Waals surface area contributed by atoms with E-state index in [1.54, 1.807) is 24.3 Å². The van der Waals surface area contributed by atoms with Gasteiger partial charge in [-0.2, -0.15) is 13.2 Å². The normalized spacial score (nSPS) is 11.2. The lowest BCUT2D eigenvalue weighted by molar-refractivity contribution is -0.136. The van der Waals surface area contributed by atoms with E-state index in [-0.39, 0.29) is 16.3 Å². The van der Waals surface area contributed by atoms with Gasteiger partial charge in [-0.1, -0.05) is 54.1 Å². The van der Waals surface area contributed by atoms with Crippen LogP contribution < -0.4 is 5.32 Å². The van der Waals surface area contributed by atoms with E-state index in [0.717, 1.165) is 23.3 Å². The standard InChI is InChI=1S/C20H13ClF3NO/c21-16-10-11-18(17(12-16)20(22,23)24)25-19(26)15-8-6-14(7-9-15)13-4-2-1-3-5-13/h1-12H,(H,25,26). The number of halogens is 4. The minimum absolute atomic E-state index is 0.0532. The third kappa shape index (κ3) is 4.06. The molecule has 0 aliphatic rings. The van der Waals surface area contributed by atoms with E-state index in [4.69, 9.17) is 11.6 Å². The Morgan fingerprint density at radius 2 is 1.46 bits per heavy atom. The molecule has 3 rings (SSSR count). The Morgan fingerprint density at radius 1 is 0.846 bits per heavy atom. The number of rotatable bonds is 3. The van der Waals surface area contributed by atoms with Crippen molar-refractivity contribution in [1.29, 1.82) is 0 Å². The molecule has 0 saturated heterocycles. The Balaban J connectivity index is 1.83. The van der Waals surface area contributed by atoms with Crippen molar-refractivity contribution in [3.8, 4) is 11.1 Å². The van der Waals surface area contributed by atoms with Crippen molar-refractivity contribution in [2.75, 3.05) is 5.32 Å². The van der Waals surface area contributed by atoms with Gasteiger partial charge in [0.2, 0.25) is 0 Å². The second-order valence-electron chi connectivity index (χ2n) is 5.59. The molecule has 0 aliphatic heterocycles. The predicted octanol–water partition coefficient (Wildman–Crippen LogP) is 6.28. The van der Waals surface area contributed by atoms with Crippen LogP contribution in [0.1, 0.15) is 15.9 Å². The molecule has 0 aliphatic carbocycles. The van der Waals surface area contributed by atoms with Gasteiger partial charge in [0.25, 0.3) is 5.91 Å². The van der Waals surface area contributed by atoms with Crippen LogP contribution in [0.5, 0.6) is 0 Å². The average molecular weight is 376 g/mol. The van der Waals surface area contributed by atoms with Crippen LogP contribution in [0.2, 0.25) is 5.02 Å². The highest BCUT2D eigenvalue weighted by atomic mass is 35.5. The number of carbonyl (C=O) groups excluding carboxylic acids is 1. The highest BCUT2D eigenvalue weighted by Gasteiger charge is 2.34. The molecule has 6 heteroatoms. The third-order valence-electron chi connectivity index (χ3n) is 3.79. The van der Waals surface area contributed by atoms with Gasteiger partial charge in [-0.05, 0) is 41.5 Å². The molecule has 1 N–H and O–H groups in total. The van der Waals surface area contributed by atoms with Crippen LogP contribution in [0.25, 0.3) is 11.1 Å². The fraction of sp³-hybridized carbons (Fsp3) is 0.0500. The maximum atomic E-state index is 13.1. The van der Waals surface area contributed by atoms with E-state index < -0.39 is 17.6 Å². The van der Waals surface area contributed by atoms with Gasteiger partial charge in [-0.3, -0.25) is 4.79 Å². The molecule has 3 aromatic rings. The van der Waals surface area contributed by atoms with Crippen LogP contribution in [0.3, 0.4) is 0 Å². The van der Waals surface area contributed by atoms with Crippen LogP contribution in [0, 0.1) is 0 Å². The van der Waals surface area contributed by atoms with Gasteiger partial charge in [-0.15, -0.1) is 0 Å². The Morgan fingerprint density at radius 3 is 2.08 bits per heavy atom. The molecule has 0 radical (unpaired) electrons. The number of benzene rings is 3. The number of anilines is 1. The van der Waals surface area contributed by atoms with Crippen molar-refractivity contribution in [2.24, 2.45) is 0 Å². The van der Waals surface area contributed by atoms with Crippen molar-refractivity contribution < 1.29 is 18.0 Å². The summed E-state index contributed by atoms with van der Waals surface area (Å²) in [4.78, 5) is 12.3. The zero-order chi connectivity index (χ0) is 18.7. The van der Waals surface area contributed by atoms with E-state index in [9.17, 15) is 18.0 Å². The Hall–Kier alpha value is -2.79. The molecule has 0 fully saturated rings. The average Bonchev–Trinajstić information content (AvgIpc) is 2.63. The van der Waals surface area contributed by atoms with Gasteiger partial charge in [0.05, 0.1) is 11.3 Å². The minimum atomic E-state index is -4.62. The van der Waals surface area contributed by atoms with Crippen LogP contribution in [0.4, 0.5) is 18.9 Å². The fourth-order valence-corrected chi connectivity index (χ4v) is 2.67. The minimum Gasteiger partial charge on any atom is -0.321 e. The number of amides is 1. The summed E-state index contributed by atoms with van der Waals surface area (Å²) in [5.41, 5.74) is 0.826. The molecule has 0 bridgehead atoms. The predicted molar refractivity (Wildman–Crippen MR) is 96.3 cm³/mol. The van der Waals surface area contributed by atoms with Gasteiger partial charge in [0.1, 0.15) is 0 Å². The summed E-state index contributed by atoms with van der Waals surface area (Å²) < 4.78 is 39.3. The third-order valence-corrected chi connectivity index (χ3v) is 4.02. The molecule has 132 valence electrons. The molecule has 0 heterocycles. The maximum absolute atomic E-state index is 13.1. The highest BCUT2D eigenvalue weighted by Crippen LogP contribution is 2.36. The zero-order valence-electron chi connectivity index (χ0n) is 13.3. The highest BCUT2D eigenvalue weighted by molar-refractivity contribution is 6.30. The molecule has 3 aromatic carbocycles. The summed E-state index contributed by atoms with van der Waals surface area (Å²) in [6.07, 6.45) is -4.62. The number of hydrogen-bond donors (Lipinski definition) is 1. The summed E-state index contributed by atoms with van der Waals surface area (Å²) in [6.45, 7) is 0.